The predicted molar refractivity (Wildman–Crippen MR) is 82.2 cm³/mol. The molecule has 0 amide bonds. The zero-order valence-corrected chi connectivity index (χ0v) is 12.2. The second kappa shape index (κ2) is 5.40. The molecule has 2 aromatic heterocycles. The number of hydrogen-bond acceptors (Lipinski definition) is 4. The summed E-state index contributed by atoms with van der Waals surface area (Å²) in [4.78, 5) is 15.4. The average Bonchev–Trinajstić information content (AvgIpc) is 2.82. The summed E-state index contributed by atoms with van der Waals surface area (Å²) in [6.45, 7) is 3.84. The lowest BCUT2D eigenvalue weighted by Gasteiger charge is -2.01. The van der Waals surface area contributed by atoms with Crippen molar-refractivity contribution < 1.29 is 9.90 Å². The largest absolute Gasteiger partial charge is 0.478 e. The highest BCUT2D eigenvalue weighted by atomic mass is 16.4. The Hall–Kier alpha value is -3.02. The Morgan fingerprint density at radius 2 is 1.91 bits per heavy atom. The molecule has 1 aromatic carbocycles. The Morgan fingerprint density at radius 3 is 2.68 bits per heavy atom. The van der Waals surface area contributed by atoms with Gasteiger partial charge >= 0.3 is 5.97 Å². The number of hydrogen-bond donors (Lipinski definition) is 1. The number of azo groups is 1. The van der Waals surface area contributed by atoms with E-state index in [9.17, 15) is 4.79 Å². The molecule has 0 fully saturated rings. The predicted octanol–water partition coefficient (Wildman–Crippen LogP) is 4.06. The number of fused-ring (bicyclic) bond motifs is 1. The number of nitrogens with zero attached hydrogens (tertiary/aromatic N) is 4. The van der Waals surface area contributed by atoms with Crippen molar-refractivity contribution in [2.24, 2.45) is 10.2 Å². The van der Waals surface area contributed by atoms with Crippen molar-refractivity contribution >= 4 is 23.1 Å². The smallest absolute Gasteiger partial charge is 0.335 e. The van der Waals surface area contributed by atoms with Crippen LogP contribution in [0.2, 0.25) is 0 Å². The number of rotatable bonds is 3. The zero-order chi connectivity index (χ0) is 15.7. The quantitative estimate of drug-likeness (QED) is 0.739. The molecule has 0 aliphatic carbocycles. The highest BCUT2D eigenvalue weighted by Crippen LogP contribution is 2.25. The fourth-order valence-corrected chi connectivity index (χ4v) is 2.27. The Bertz CT molecular complexity index is 896. The molecule has 0 bridgehead atoms. The van der Waals surface area contributed by atoms with Gasteiger partial charge in [0.25, 0.3) is 0 Å². The first-order valence-electron chi connectivity index (χ1n) is 6.76. The number of pyridine rings is 1. The molecule has 0 radical (unpaired) electrons. The lowest BCUT2D eigenvalue weighted by Crippen LogP contribution is -1.94. The molecule has 0 aliphatic rings. The Morgan fingerprint density at radius 1 is 1.14 bits per heavy atom. The average molecular weight is 294 g/mol. The first-order valence-corrected chi connectivity index (χ1v) is 6.76. The van der Waals surface area contributed by atoms with E-state index in [1.54, 1.807) is 12.1 Å². The maximum atomic E-state index is 11.0. The maximum absolute atomic E-state index is 11.0. The van der Waals surface area contributed by atoms with Crippen LogP contribution in [-0.2, 0) is 0 Å². The van der Waals surface area contributed by atoms with Crippen LogP contribution in [0.5, 0.6) is 0 Å². The van der Waals surface area contributed by atoms with Gasteiger partial charge in [-0.25, -0.2) is 9.78 Å². The van der Waals surface area contributed by atoms with Gasteiger partial charge < -0.3 is 5.11 Å². The number of aromatic nitrogens is 2. The first kappa shape index (κ1) is 13.9. The monoisotopic (exact) mass is 294 g/mol. The summed E-state index contributed by atoms with van der Waals surface area (Å²) in [6.07, 6.45) is 0. The molecule has 0 aliphatic heterocycles. The highest BCUT2D eigenvalue weighted by molar-refractivity contribution is 5.88. The highest BCUT2D eigenvalue weighted by Gasteiger charge is 2.09. The van der Waals surface area contributed by atoms with Gasteiger partial charge in [-0.15, -0.1) is 10.2 Å². The topological polar surface area (TPSA) is 79.3 Å². The van der Waals surface area contributed by atoms with Crippen molar-refractivity contribution in [3.63, 3.8) is 0 Å². The van der Waals surface area contributed by atoms with Gasteiger partial charge in [0.05, 0.1) is 16.9 Å². The number of benzene rings is 1. The lowest BCUT2D eigenvalue weighted by molar-refractivity contribution is 0.0697. The van der Waals surface area contributed by atoms with Crippen molar-refractivity contribution in [2.75, 3.05) is 0 Å². The summed E-state index contributed by atoms with van der Waals surface area (Å²) in [5.41, 5.74) is 3.26. The number of imidazole rings is 1. The summed E-state index contributed by atoms with van der Waals surface area (Å²) in [6, 6.07) is 12.2. The summed E-state index contributed by atoms with van der Waals surface area (Å²) in [5, 5.41) is 17.4. The van der Waals surface area contributed by atoms with E-state index in [0.29, 0.717) is 11.5 Å². The van der Waals surface area contributed by atoms with Gasteiger partial charge in [0.1, 0.15) is 5.65 Å². The minimum atomic E-state index is -0.987. The third kappa shape index (κ3) is 2.46. The molecule has 0 saturated carbocycles. The summed E-state index contributed by atoms with van der Waals surface area (Å²) >= 11 is 0. The molecule has 6 heteroatoms. The normalized spacial score (nSPS) is 11.4. The van der Waals surface area contributed by atoms with Gasteiger partial charge in [0, 0.05) is 5.69 Å². The maximum Gasteiger partial charge on any atom is 0.335 e. The molecule has 2 heterocycles. The molecule has 110 valence electrons. The van der Waals surface area contributed by atoms with Crippen LogP contribution in [-0.4, -0.2) is 20.5 Å². The van der Waals surface area contributed by atoms with Crippen molar-refractivity contribution in [3.05, 3.63) is 59.4 Å². The van der Waals surface area contributed by atoms with Crippen LogP contribution in [0.4, 0.5) is 11.5 Å². The molecule has 0 atom stereocenters. The number of aryl methyl sites for hydroxylation is 2. The zero-order valence-electron chi connectivity index (χ0n) is 12.2. The van der Waals surface area contributed by atoms with E-state index in [4.69, 9.17) is 5.11 Å². The summed E-state index contributed by atoms with van der Waals surface area (Å²) in [7, 11) is 0. The molecule has 6 nitrogen and oxygen atoms in total. The Kier molecular flexibility index (Phi) is 3.42. The SMILES string of the molecule is Cc1nc2cccc(C)n2c1N=Nc1cccc(C(=O)O)c1. The standard InChI is InChI=1S/C16H14N4O2/c1-10-5-3-8-14-17-11(2)15(20(10)14)19-18-13-7-4-6-12(9-13)16(21)22/h3-9H,1-2H3,(H,21,22). The summed E-state index contributed by atoms with van der Waals surface area (Å²) < 4.78 is 1.92. The number of aromatic carboxylic acids is 1. The summed E-state index contributed by atoms with van der Waals surface area (Å²) in [5.74, 6) is -0.340. The number of carboxylic acid groups (broad SMARTS) is 1. The van der Waals surface area contributed by atoms with Gasteiger partial charge in [-0.05, 0) is 44.2 Å². The van der Waals surface area contributed by atoms with E-state index < -0.39 is 5.97 Å². The van der Waals surface area contributed by atoms with Gasteiger partial charge in [-0.1, -0.05) is 12.1 Å². The molecular formula is C16H14N4O2. The Balaban J connectivity index is 2.05. The molecule has 3 aromatic rings. The van der Waals surface area contributed by atoms with Crippen LogP contribution in [0, 0.1) is 13.8 Å². The second-order valence-electron chi connectivity index (χ2n) is 4.94. The third-order valence-corrected chi connectivity index (χ3v) is 3.34. The molecular weight excluding hydrogens is 280 g/mol. The van der Waals surface area contributed by atoms with Gasteiger partial charge in [0.15, 0.2) is 5.82 Å². The fourth-order valence-electron chi connectivity index (χ4n) is 2.27. The lowest BCUT2D eigenvalue weighted by atomic mass is 10.2. The van der Waals surface area contributed by atoms with Crippen LogP contribution < -0.4 is 0 Å². The Labute approximate surface area is 126 Å². The van der Waals surface area contributed by atoms with Crippen molar-refractivity contribution in [1.82, 2.24) is 9.38 Å². The van der Waals surface area contributed by atoms with Gasteiger partial charge in [-0.2, -0.15) is 0 Å². The molecule has 0 unspecified atom stereocenters. The van der Waals surface area contributed by atoms with E-state index >= 15 is 0 Å². The molecule has 3 rings (SSSR count). The molecule has 0 spiro atoms. The molecule has 1 N–H and O–H groups in total. The van der Waals surface area contributed by atoms with Gasteiger partial charge in [0.2, 0.25) is 0 Å². The minimum absolute atomic E-state index is 0.183. The van der Waals surface area contributed by atoms with E-state index in [1.807, 2.05) is 36.4 Å². The van der Waals surface area contributed by atoms with Crippen molar-refractivity contribution in [2.45, 2.75) is 13.8 Å². The van der Waals surface area contributed by atoms with Crippen LogP contribution >= 0.6 is 0 Å². The van der Waals surface area contributed by atoms with Crippen LogP contribution in [0.25, 0.3) is 5.65 Å². The van der Waals surface area contributed by atoms with Crippen LogP contribution in [0.15, 0.2) is 52.7 Å². The fraction of sp³-hybridized carbons (Fsp3) is 0.125. The second-order valence-corrected chi connectivity index (χ2v) is 4.94. The van der Waals surface area contributed by atoms with E-state index in [1.165, 1.54) is 12.1 Å². The van der Waals surface area contributed by atoms with Crippen LogP contribution in [0.3, 0.4) is 0 Å². The van der Waals surface area contributed by atoms with Crippen molar-refractivity contribution in [1.29, 1.82) is 0 Å². The molecule has 0 saturated heterocycles. The van der Waals surface area contributed by atoms with E-state index in [2.05, 4.69) is 15.2 Å². The minimum Gasteiger partial charge on any atom is -0.478 e. The van der Waals surface area contributed by atoms with E-state index in [0.717, 1.165) is 17.0 Å². The van der Waals surface area contributed by atoms with E-state index in [-0.39, 0.29) is 5.56 Å². The number of carboxylic acids is 1. The van der Waals surface area contributed by atoms with Crippen molar-refractivity contribution in [3.8, 4) is 0 Å². The molecule has 22 heavy (non-hydrogen) atoms. The van der Waals surface area contributed by atoms with Gasteiger partial charge in [-0.3, -0.25) is 4.40 Å². The first-order chi connectivity index (χ1) is 10.6. The van der Waals surface area contributed by atoms with Crippen LogP contribution in [0.1, 0.15) is 21.7 Å². The third-order valence-electron chi connectivity index (χ3n) is 3.34. The number of carbonyl (C=O) groups is 1.